The van der Waals surface area contributed by atoms with Crippen LogP contribution in [0.25, 0.3) is 0 Å². The Bertz CT molecular complexity index is 1140. The van der Waals surface area contributed by atoms with Crippen molar-refractivity contribution in [1.82, 2.24) is 9.88 Å². The summed E-state index contributed by atoms with van der Waals surface area (Å²) < 4.78 is 51.9. The van der Waals surface area contributed by atoms with Crippen molar-refractivity contribution in [2.75, 3.05) is 13.7 Å². The summed E-state index contributed by atoms with van der Waals surface area (Å²) in [5.41, 5.74) is 0.654. The van der Waals surface area contributed by atoms with E-state index < -0.39 is 47.2 Å². The van der Waals surface area contributed by atoms with Crippen molar-refractivity contribution in [1.29, 1.82) is 0 Å². The van der Waals surface area contributed by atoms with Crippen molar-refractivity contribution in [3.8, 4) is 5.88 Å². The van der Waals surface area contributed by atoms with E-state index in [4.69, 9.17) is 9.47 Å². The summed E-state index contributed by atoms with van der Waals surface area (Å²) in [7, 11) is 1.34. The van der Waals surface area contributed by atoms with Gasteiger partial charge in [-0.05, 0) is 34.6 Å². The van der Waals surface area contributed by atoms with Crippen molar-refractivity contribution >= 4 is 5.97 Å². The fourth-order valence-electron chi connectivity index (χ4n) is 5.49. The zero-order valence-electron chi connectivity index (χ0n) is 23.4. The number of aromatic nitrogens is 1. The Hall–Kier alpha value is -2.65. The van der Waals surface area contributed by atoms with Gasteiger partial charge in [0.2, 0.25) is 5.88 Å². The normalized spacial score (nSPS) is 23.0. The third-order valence-corrected chi connectivity index (χ3v) is 7.31. The molecular weight excluding hydrogens is 497 g/mol. The van der Waals surface area contributed by atoms with Crippen molar-refractivity contribution in [2.45, 2.75) is 84.9 Å². The molecule has 1 aromatic carbocycles. The Labute approximate surface area is 223 Å². The molecule has 0 saturated carbocycles. The molecule has 4 atom stereocenters. The molecule has 0 amide bonds. The molecule has 1 aromatic heterocycles. The Morgan fingerprint density at radius 3 is 2.24 bits per heavy atom. The zero-order valence-corrected chi connectivity index (χ0v) is 23.4. The number of hydrogen-bond donors (Lipinski definition) is 1. The lowest BCUT2D eigenvalue weighted by Crippen LogP contribution is -2.44. The van der Waals surface area contributed by atoms with E-state index in [1.165, 1.54) is 7.11 Å². The van der Waals surface area contributed by atoms with Crippen LogP contribution in [0.2, 0.25) is 0 Å². The summed E-state index contributed by atoms with van der Waals surface area (Å²) in [4.78, 5) is 18.4. The van der Waals surface area contributed by atoms with Crippen LogP contribution in [0.1, 0.15) is 76.8 Å². The number of carboxylic acid groups (broad SMARTS) is 1. The molecule has 210 valence electrons. The summed E-state index contributed by atoms with van der Waals surface area (Å²) >= 11 is 0. The van der Waals surface area contributed by atoms with Crippen LogP contribution in [0.15, 0.2) is 36.5 Å². The molecule has 0 bridgehead atoms. The molecule has 1 N–H and O–H groups in total. The number of benzene rings is 1. The number of nitrogens with zero attached hydrogens (tertiary/aromatic N) is 2. The number of carboxylic acids is 1. The number of likely N-dealkylation sites (N-methyl/N-ethyl adjacent to an activating group) is 1. The molecule has 0 radical (unpaired) electrons. The van der Waals surface area contributed by atoms with Crippen molar-refractivity contribution in [3.05, 3.63) is 58.8 Å². The van der Waals surface area contributed by atoms with Crippen molar-refractivity contribution < 1.29 is 32.5 Å². The van der Waals surface area contributed by atoms with Gasteiger partial charge in [0.15, 0.2) is 0 Å². The van der Waals surface area contributed by atoms with Gasteiger partial charge in [-0.15, -0.1) is 0 Å². The molecule has 1 fully saturated rings. The average molecular weight is 537 g/mol. The number of methoxy groups -OCH3 is 1. The molecule has 3 rings (SSSR count). The number of likely N-dealkylation sites (tertiary alicyclic amines) is 1. The number of aliphatic carboxylic acids is 1. The zero-order chi connectivity index (χ0) is 28.6. The van der Waals surface area contributed by atoms with Gasteiger partial charge in [0.05, 0.1) is 31.4 Å². The third kappa shape index (κ3) is 6.15. The van der Waals surface area contributed by atoms with Crippen LogP contribution in [0.4, 0.5) is 13.2 Å². The van der Waals surface area contributed by atoms with Gasteiger partial charge in [0.25, 0.3) is 0 Å². The maximum absolute atomic E-state index is 13.4. The Balaban J connectivity index is 2.13. The first-order valence-electron chi connectivity index (χ1n) is 12.8. The largest absolute Gasteiger partial charge is 0.481 e. The van der Waals surface area contributed by atoms with Crippen LogP contribution >= 0.6 is 0 Å². The maximum Gasteiger partial charge on any atom is 0.417 e. The Morgan fingerprint density at radius 1 is 1.08 bits per heavy atom. The Morgan fingerprint density at radius 2 is 1.74 bits per heavy atom. The third-order valence-electron chi connectivity index (χ3n) is 7.31. The quantitative estimate of drug-likeness (QED) is 0.437. The van der Waals surface area contributed by atoms with Crippen LogP contribution in [-0.2, 0) is 27.7 Å². The molecule has 1 aliphatic heterocycles. The van der Waals surface area contributed by atoms with Crippen LogP contribution < -0.4 is 4.74 Å². The van der Waals surface area contributed by atoms with Gasteiger partial charge in [-0.25, -0.2) is 4.98 Å². The average Bonchev–Trinajstić information content (AvgIpc) is 3.16. The number of alkyl halides is 3. The molecule has 2 aromatic rings. The first kappa shape index (κ1) is 29.9. The number of ether oxygens (including phenoxy) is 2. The van der Waals surface area contributed by atoms with Gasteiger partial charge >= 0.3 is 12.1 Å². The predicted molar refractivity (Wildman–Crippen MR) is 139 cm³/mol. The van der Waals surface area contributed by atoms with E-state index in [0.717, 1.165) is 23.4 Å². The second-order valence-electron chi connectivity index (χ2n) is 12.0. The van der Waals surface area contributed by atoms with Gasteiger partial charge < -0.3 is 14.6 Å². The monoisotopic (exact) mass is 536 g/mol. The van der Waals surface area contributed by atoms with Gasteiger partial charge in [-0.2, -0.15) is 13.2 Å². The van der Waals surface area contributed by atoms with Crippen molar-refractivity contribution in [3.63, 3.8) is 0 Å². The molecule has 9 heteroatoms. The highest BCUT2D eigenvalue weighted by Crippen LogP contribution is 2.50. The summed E-state index contributed by atoms with van der Waals surface area (Å²) in [5, 5.41) is 10.4. The maximum atomic E-state index is 13.4. The van der Waals surface area contributed by atoms with E-state index in [-0.39, 0.29) is 23.5 Å². The topological polar surface area (TPSA) is 71.9 Å². The van der Waals surface area contributed by atoms with Crippen molar-refractivity contribution in [2.24, 2.45) is 11.3 Å². The lowest BCUT2D eigenvalue weighted by Gasteiger charge is -2.35. The molecule has 1 aliphatic rings. The van der Waals surface area contributed by atoms with E-state index in [1.807, 2.05) is 50.8 Å². The highest BCUT2D eigenvalue weighted by molar-refractivity contribution is 5.75. The van der Waals surface area contributed by atoms with E-state index in [1.54, 1.807) is 0 Å². The predicted octanol–water partition coefficient (Wildman–Crippen LogP) is 6.48. The minimum absolute atomic E-state index is 0.0386. The lowest BCUT2D eigenvalue weighted by atomic mass is 9.73. The molecule has 2 heterocycles. The van der Waals surface area contributed by atoms with Crippen LogP contribution in [0, 0.1) is 11.3 Å². The molecular formula is C29H39F3N2O4. The number of pyridine rings is 1. The van der Waals surface area contributed by atoms with Gasteiger partial charge in [0, 0.05) is 17.7 Å². The van der Waals surface area contributed by atoms with Crippen LogP contribution in [0.3, 0.4) is 0 Å². The molecule has 0 aliphatic carbocycles. The molecule has 0 unspecified atom stereocenters. The second-order valence-corrected chi connectivity index (χ2v) is 12.0. The van der Waals surface area contributed by atoms with Gasteiger partial charge in [-0.3, -0.25) is 9.69 Å². The summed E-state index contributed by atoms with van der Waals surface area (Å²) in [6.45, 7) is 14.4. The fraction of sp³-hybridized carbons (Fsp3) is 0.586. The molecule has 0 spiro atoms. The van der Waals surface area contributed by atoms with Gasteiger partial charge in [-0.1, -0.05) is 72.7 Å². The summed E-state index contributed by atoms with van der Waals surface area (Å²) in [5.74, 6) is -1.36. The number of carbonyl (C=O) groups is 1. The first-order valence-corrected chi connectivity index (χ1v) is 12.8. The Kier molecular flexibility index (Phi) is 8.53. The van der Waals surface area contributed by atoms with E-state index >= 15 is 0 Å². The highest BCUT2D eigenvalue weighted by Gasteiger charge is 2.56. The fourth-order valence-corrected chi connectivity index (χ4v) is 5.49. The minimum atomic E-state index is -4.57. The van der Waals surface area contributed by atoms with Crippen LogP contribution in [-0.4, -0.2) is 46.8 Å². The minimum Gasteiger partial charge on any atom is -0.481 e. The number of hydrogen-bond acceptors (Lipinski definition) is 5. The highest BCUT2D eigenvalue weighted by atomic mass is 19.4. The smallest absolute Gasteiger partial charge is 0.417 e. The SMILES string of the molecule is CCN1[C@H](C(=O)O)[C@@H](C(C)(C)C)[C@H](OCc2cc(C(F)(F)F)cnc2OC)[C@@H]1c1cccc(C(C)(C)C)c1. The first-order chi connectivity index (χ1) is 17.5. The van der Waals surface area contributed by atoms with Crippen LogP contribution in [0.5, 0.6) is 5.88 Å². The van der Waals surface area contributed by atoms with Gasteiger partial charge in [0.1, 0.15) is 6.04 Å². The molecule has 6 nitrogen and oxygen atoms in total. The lowest BCUT2D eigenvalue weighted by molar-refractivity contribution is -0.146. The molecule has 1 saturated heterocycles. The standard InChI is InChI=1S/C29H39F3N2O4/c1-9-34-22(17-11-10-12-19(13-17)27(2,3)4)24(21(28(5,6)7)23(34)26(35)36)38-16-18-14-20(29(30,31)32)15-33-25(18)37-8/h10-15,21-24H,9,16H2,1-8H3,(H,35,36)/t21-,22+,23+,24+/m1/s1. The molecule has 38 heavy (non-hydrogen) atoms. The summed E-state index contributed by atoms with van der Waals surface area (Å²) in [6, 6.07) is 7.77. The second kappa shape index (κ2) is 10.8. The van der Waals surface area contributed by atoms with E-state index in [2.05, 4.69) is 31.8 Å². The number of rotatable bonds is 7. The van der Waals surface area contributed by atoms with E-state index in [9.17, 15) is 23.1 Å². The number of halogens is 3. The van der Waals surface area contributed by atoms with E-state index in [0.29, 0.717) is 6.54 Å². The summed E-state index contributed by atoms with van der Waals surface area (Å²) in [6.07, 6.45) is -4.46.